The van der Waals surface area contributed by atoms with Crippen molar-refractivity contribution in [3.05, 3.63) is 59.7 Å². The summed E-state index contributed by atoms with van der Waals surface area (Å²) in [6, 6.07) is 16.6. The summed E-state index contributed by atoms with van der Waals surface area (Å²) in [5.74, 6) is -0.238. The maximum Gasteiger partial charge on any atom is 0.252 e. The van der Waals surface area contributed by atoms with E-state index in [9.17, 15) is 9.90 Å². The van der Waals surface area contributed by atoms with Crippen LogP contribution in [0, 0.1) is 11.3 Å². The third-order valence-corrected chi connectivity index (χ3v) is 4.07. The summed E-state index contributed by atoms with van der Waals surface area (Å²) in [6.45, 7) is 1.82. The van der Waals surface area contributed by atoms with Crippen LogP contribution in [0.15, 0.2) is 58.3 Å². The highest BCUT2D eigenvalue weighted by Gasteiger charge is 2.13. The van der Waals surface area contributed by atoms with Gasteiger partial charge in [0.2, 0.25) is 0 Å². The molecule has 0 aliphatic rings. The lowest BCUT2D eigenvalue weighted by atomic mass is 10.2. The van der Waals surface area contributed by atoms with Crippen molar-refractivity contribution in [1.29, 1.82) is 5.26 Å². The molecule has 0 heterocycles. The Hall–Kier alpha value is -2.29. The van der Waals surface area contributed by atoms with Crippen molar-refractivity contribution in [3.8, 4) is 6.07 Å². The van der Waals surface area contributed by atoms with Crippen molar-refractivity contribution in [2.75, 3.05) is 6.54 Å². The molecule has 0 saturated heterocycles. The summed E-state index contributed by atoms with van der Waals surface area (Å²) >= 11 is 1.38. The number of nitriles is 1. The molecule has 22 heavy (non-hydrogen) atoms. The van der Waals surface area contributed by atoms with Gasteiger partial charge < -0.3 is 10.4 Å². The molecule has 0 bridgehead atoms. The Bertz CT molecular complexity index is 708. The SMILES string of the molecule is CC(O)CNC(=O)c1ccccc1Sc1ccccc1C#N. The van der Waals surface area contributed by atoms with E-state index in [1.807, 2.05) is 30.3 Å². The van der Waals surface area contributed by atoms with Crippen LogP contribution >= 0.6 is 11.8 Å². The first-order valence-corrected chi connectivity index (χ1v) is 7.65. The number of carbonyl (C=O) groups excluding carboxylic acids is 1. The van der Waals surface area contributed by atoms with Crippen LogP contribution in [0.3, 0.4) is 0 Å². The molecule has 0 saturated carbocycles. The smallest absolute Gasteiger partial charge is 0.252 e. The minimum Gasteiger partial charge on any atom is -0.392 e. The number of aliphatic hydroxyl groups excluding tert-OH is 1. The summed E-state index contributed by atoms with van der Waals surface area (Å²) in [7, 11) is 0. The van der Waals surface area contributed by atoms with Crippen LogP contribution < -0.4 is 5.32 Å². The molecule has 0 aliphatic carbocycles. The number of aliphatic hydroxyl groups is 1. The van der Waals surface area contributed by atoms with Crippen molar-refractivity contribution < 1.29 is 9.90 Å². The number of rotatable bonds is 5. The summed E-state index contributed by atoms with van der Waals surface area (Å²) in [5.41, 5.74) is 1.10. The van der Waals surface area contributed by atoms with Crippen LogP contribution in [0.4, 0.5) is 0 Å². The lowest BCUT2D eigenvalue weighted by Crippen LogP contribution is -2.30. The monoisotopic (exact) mass is 312 g/mol. The zero-order valence-electron chi connectivity index (χ0n) is 12.1. The van der Waals surface area contributed by atoms with Crippen molar-refractivity contribution in [2.24, 2.45) is 0 Å². The second-order valence-corrected chi connectivity index (χ2v) is 5.85. The number of amides is 1. The molecule has 5 heteroatoms. The van der Waals surface area contributed by atoms with Gasteiger partial charge in [0.05, 0.1) is 17.2 Å². The fourth-order valence-corrected chi connectivity index (χ4v) is 2.87. The van der Waals surface area contributed by atoms with Crippen LogP contribution in [0.1, 0.15) is 22.8 Å². The molecule has 0 spiro atoms. The van der Waals surface area contributed by atoms with E-state index in [1.54, 1.807) is 25.1 Å². The molecule has 1 atom stereocenters. The largest absolute Gasteiger partial charge is 0.392 e. The van der Waals surface area contributed by atoms with E-state index in [0.717, 1.165) is 9.79 Å². The van der Waals surface area contributed by atoms with E-state index < -0.39 is 6.10 Å². The summed E-state index contributed by atoms with van der Waals surface area (Å²) in [6.07, 6.45) is -0.594. The molecule has 0 aromatic heterocycles. The fraction of sp³-hybridized carbons (Fsp3) is 0.176. The van der Waals surface area contributed by atoms with Gasteiger partial charge in [-0.2, -0.15) is 5.26 Å². The lowest BCUT2D eigenvalue weighted by Gasteiger charge is -2.11. The van der Waals surface area contributed by atoms with Crippen LogP contribution in [-0.2, 0) is 0 Å². The number of nitrogens with zero attached hydrogens (tertiary/aromatic N) is 1. The molecule has 2 aromatic rings. The lowest BCUT2D eigenvalue weighted by molar-refractivity contribution is 0.0921. The highest BCUT2D eigenvalue weighted by atomic mass is 32.2. The summed E-state index contributed by atoms with van der Waals surface area (Å²) < 4.78 is 0. The second-order valence-electron chi connectivity index (χ2n) is 4.77. The van der Waals surface area contributed by atoms with E-state index >= 15 is 0 Å². The Morgan fingerprint density at radius 3 is 2.55 bits per heavy atom. The van der Waals surface area contributed by atoms with E-state index in [4.69, 9.17) is 5.26 Å². The van der Waals surface area contributed by atoms with Gasteiger partial charge in [0.15, 0.2) is 0 Å². The Kier molecular flexibility index (Phi) is 5.59. The third kappa shape index (κ3) is 4.10. The van der Waals surface area contributed by atoms with Gasteiger partial charge in [-0.3, -0.25) is 4.79 Å². The first-order chi connectivity index (χ1) is 10.6. The summed E-state index contributed by atoms with van der Waals surface area (Å²) in [4.78, 5) is 13.8. The van der Waals surface area contributed by atoms with Crippen LogP contribution in [0.25, 0.3) is 0 Å². The van der Waals surface area contributed by atoms with Crippen molar-refractivity contribution >= 4 is 17.7 Å². The number of hydrogen-bond acceptors (Lipinski definition) is 4. The molecular weight excluding hydrogens is 296 g/mol. The minimum absolute atomic E-state index is 0.201. The number of nitrogens with one attached hydrogen (secondary N) is 1. The fourth-order valence-electron chi connectivity index (χ4n) is 1.85. The van der Waals surface area contributed by atoms with Crippen LogP contribution in [-0.4, -0.2) is 23.7 Å². The van der Waals surface area contributed by atoms with Crippen molar-refractivity contribution in [1.82, 2.24) is 5.32 Å². The average molecular weight is 312 g/mol. The molecule has 1 unspecified atom stereocenters. The van der Waals surface area contributed by atoms with E-state index in [-0.39, 0.29) is 12.5 Å². The molecule has 112 valence electrons. The molecule has 0 radical (unpaired) electrons. The molecule has 2 rings (SSSR count). The van der Waals surface area contributed by atoms with Gasteiger partial charge in [-0.15, -0.1) is 0 Å². The van der Waals surface area contributed by atoms with Gasteiger partial charge in [0, 0.05) is 16.3 Å². The minimum atomic E-state index is -0.594. The maximum atomic E-state index is 12.2. The van der Waals surface area contributed by atoms with Gasteiger partial charge in [-0.05, 0) is 31.2 Å². The summed E-state index contributed by atoms with van der Waals surface area (Å²) in [5, 5.41) is 21.1. The number of benzene rings is 2. The highest BCUT2D eigenvalue weighted by molar-refractivity contribution is 7.99. The molecule has 2 aromatic carbocycles. The Morgan fingerprint density at radius 1 is 1.23 bits per heavy atom. The molecule has 4 nitrogen and oxygen atoms in total. The predicted octanol–water partition coefficient (Wildman–Crippen LogP) is 2.82. The first kappa shape index (κ1) is 16.1. The molecule has 0 aliphatic heterocycles. The number of hydrogen-bond donors (Lipinski definition) is 2. The molecule has 1 amide bonds. The Labute approximate surface area is 133 Å². The van der Waals surface area contributed by atoms with E-state index in [2.05, 4.69) is 11.4 Å². The predicted molar refractivity (Wildman–Crippen MR) is 85.7 cm³/mol. The van der Waals surface area contributed by atoms with Crippen molar-refractivity contribution in [3.63, 3.8) is 0 Å². The van der Waals surface area contributed by atoms with E-state index in [0.29, 0.717) is 11.1 Å². The normalized spacial score (nSPS) is 11.5. The molecule has 2 N–H and O–H groups in total. The van der Waals surface area contributed by atoms with Gasteiger partial charge in [0.25, 0.3) is 5.91 Å². The topological polar surface area (TPSA) is 73.1 Å². The van der Waals surface area contributed by atoms with Gasteiger partial charge >= 0.3 is 0 Å². The third-order valence-electron chi connectivity index (χ3n) is 2.92. The quantitative estimate of drug-likeness (QED) is 0.890. The molecular formula is C17H16N2O2S. The van der Waals surface area contributed by atoms with Gasteiger partial charge in [-0.25, -0.2) is 0 Å². The first-order valence-electron chi connectivity index (χ1n) is 6.84. The zero-order valence-corrected chi connectivity index (χ0v) is 12.9. The Balaban J connectivity index is 2.25. The van der Waals surface area contributed by atoms with Crippen LogP contribution in [0.2, 0.25) is 0 Å². The average Bonchev–Trinajstić information content (AvgIpc) is 2.53. The maximum absolute atomic E-state index is 12.2. The molecule has 0 fully saturated rings. The highest BCUT2D eigenvalue weighted by Crippen LogP contribution is 2.32. The van der Waals surface area contributed by atoms with Gasteiger partial charge in [-0.1, -0.05) is 36.0 Å². The zero-order chi connectivity index (χ0) is 15.9. The van der Waals surface area contributed by atoms with Crippen LogP contribution in [0.5, 0.6) is 0 Å². The Morgan fingerprint density at radius 2 is 1.86 bits per heavy atom. The van der Waals surface area contributed by atoms with Gasteiger partial charge in [0.1, 0.15) is 6.07 Å². The standard InChI is InChI=1S/C17H16N2O2S/c1-12(20)11-19-17(21)14-7-3-5-9-16(14)22-15-8-4-2-6-13(15)10-18/h2-9,12,20H,11H2,1H3,(H,19,21). The van der Waals surface area contributed by atoms with E-state index in [1.165, 1.54) is 11.8 Å². The second kappa shape index (κ2) is 7.64. The van der Waals surface area contributed by atoms with Crippen molar-refractivity contribution in [2.45, 2.75) is 22.8 Å². The number of carbonyl (C=O) groups is 1.